The van der Waals surface area contributed by atoms with Gasteiger partial charge in [-0.05, 0) is 63.1 Å². The first kappa shape index (κ1) is 22.0. The number of benzene rings is 1. The van der Waals surface area contributed by atoms with E-state index < -0.39 is 12.0 Å². The van der Waals surface area contributed by atoms with Gasteiger partial charge in [-0.25, -0.2) is 9.59 Å². The molecule has 0 bridgehead atoms. The van der Waals surface area contributed by atoms with E-state index in [1.165, 1.54) is 11.8 Å². The summed E-state index contributed by atoms with van der Waals surface area (Å²) < 4.78 is 16.4. The molecule has 8 nitrogen and oxygen atoms in total. The summed E-state index contributed by atoms with van der Waals surface area (Å²) in [7, 11) is 0. The van der Waals surface area contributed by atoms with Crippen LogP contribution in [0.5, 0.6) is 5.75 Å². The molecule has 0 spiro atoms. The third-order valence-corrected chi connectivity index (χ3v) is 5.78. The number of ether oxygens (including phenoxy) is 2. The summed E-state index contributed by atoms with van der Waals surface area (Å²) in [4.78, 5) is 27.6. The highest BCUT2D eigenvalue weighted by Gasteiger charge is 2.37. The molecule has 0 saturated carbocycles. The van der Waals surface area contributed by atoms with E-state index in [0.717, 1.165) is 25.1 Å². The molecule has 4 rings (SSSR count). The second-order valence-corrected chi connectivity index (χ2v) is 7.79. The average Bonchev–Trinajstić information content (AvgIpc) is 3.47. The van der Waals surface area contributed by atoms with E-state index in [4.69, 9.17) is 13.9 Å². The Balaban J connectivity index is 1.63. The molecule has 0 aliphatic carbocycles. The van der Waals surface area contributed by atoms with Gasteiger partial charge in [0.1, 0.15) is 17.6 Å². The number of amides is 2. The number of hydrogen-bond donors (Lipinski definition) is 2. The summed E-state index contributed by atoms with van der Waals surface area (Å²) in [5.41, 5.74) is 2.11. The summed E-state index contributed by atoms with van der Waals surface area (Å²) in [6.45, 7) is 5.89. The van der Waals surface area contributed by atoms with Crippen molar-refractivity contribution in [2.24, 2.45) is 0 Å². The number of nitrogens with zero attached hydrogens (tertiary/aromatic N) is 1. The van der Waals surface area contributed by atoms with Crippen LogP contribution in [0.3, 0.4) is 0 Å². The van der Waals surface area contributed by atoms with Crippen LogP contribution in [0.15, 0.2) is 58.3 Å². The van der Waals surface area contributed by atoms with E-state index in [9.17, 15) is 9.59 Å². The van der Waals surface area contributed by atoms with Gasteiger partial charge in [0.2, 0.25) is 0 Å². The third kappa shape index (κ3) is 4.65. The lowest BCUT2D eigenvalue weighted by Gasteiger charge is -2.32. The van der Waals surface area contributed by atoms with Gasteiger partial charge >= 0.3 is 12.0 Å². The Labute approximate surface area is 187 Å². The average molecular weight is 440 g/mol. The number of furan rings is 1. The highest BCUT2D eigenvalue weighted by Crippen LogP contribution is 2.35. The summed E-state index contributed by atoms with van der Waals surface area (Å²) in [5, 5.41) is 5.64. The number of likely N-dealkylation sites (tertiary alicyclic amines) is 1. The lowest BCUT2D eigenvalue weighted by atomic mass is 9.99. The number of esters is 1. The highest BCUT2D eigenvalue weighted by molar-refractivity contribution is 5.95. The first-order chi connectivity index (χ1) is 15.6. The largest absolute Gasteiger partial charge is 0.494 e. The maximum atomic E-state index is 12.9. The van der Waals surface area contributed by atoms with Crippen molar-refractivity contribution >= 4 is 12.0 Å². The normalized spacial score (nSPS) is 21.2. The molecule has 0 radical (unpaired) electrons. The second-order valence-electron chi connectivity index (χ2n) is 7.79. The van der Waals surface area contributed by atoms with Gasteiger partial charge in [0.15, 0.2) is 0 Å². The molecule has 2 unspecified atom stereocenters. The van der Waals surface area contributed by atoms with E-state index >= 15 is 0 Å². The van der Waals surface area contributed by atoms with Crippen LogP contribution in [-0.2, 0) is 9.53 Å². The minimum atomic E-state index is -0.695. The molecule has 1 aromatic heterocycles. The van der Waals surface area contributed by atoms with E-state index in [2.05, 4.69) is 27.7 Å². The SMILES string of the molecule is CCOC(=O)C1=C(CN2CCCC2c2ccc(OCC)cc2)NC(=O)NC1c1ccco1. The molecule has 2 N–H and O–H groups in total. The minimum Gasteiger partial charge on any atom is -0.494 e. The van der Waals surface area contributed by atoms with Crippen LogP contribution >= 0.6 is 0 Å². The molecule has 1 fully saturated rings. The molecule has 8 heteroatoms. The van der Waals surface area contributed by atoms with Crippen LogP contribution in [0, 0.1) is 0 Å². The molecule has 2 amide bonds. The van der Waals surface area contributed by atoms with Crippen molar-refractivity contribution in [3.05, 3.63) is 65.3 Å². The molecule has 32 heavy (non-hydrogen) atoms. The zero-order chi connectivity index (χ0) is 22.5. The first-order valence-electron chi connectivity index (χ1n) is 11.1. The lowest BCUT2D eigenvalue weighted by Crippen LogP contribution is -2.48. The van der Waals surface area contributed by atoms with Gasteiger partial charge in [0.05, 0.1) is 25.1 Å². The summed E-state index contributed by atoms with van der Waals surface area (Å²) in [5.74, 6) is 0.873. The third-order valence-electron chi connectivity index (χ3n) is 5.78. The smallest absolute Gasteiger partial charge is 0.338 e. The van der Waals surface area contributed by atoms with Gasteiger partial charge in [0, 0.05) is 18.3 Å². The maximum absolute atomic E-state index is 12.9. The molecule has 3 heterocycles. The number of carbonyl (C=O) groups is 2. The van der Waals surface area contributed by atoms with E-state index in [1.54, 1.807) is 19.1 Å². The molecule has 1 aromatic carbocycles. The second kappa shape index (κ2) is 9.91. The van der Waals surface area contributed by atoms with Gasteiger partial charge in [-0.15, -0.1) is 0 Å². The van der Waals surface area contributed by atoms with Gasteiger partial charge in [-0.2, -0.15) is 0 Å². The molecule has 170 valence electrons. The van der Waals surface area contributed by atoms with Crippen molar-refractivity contribution in [2.45, 2.75) is 38.8 Å². The Morgan fingerprint density at radius 3 is 2.69 bits per heavy atom. The number of urea groups is 1. The van der Waals surface area contributed by atoms with Crippen molar-refractivity contribution in [2.75, 3.05) is 26.3 Å². The molecular weight excluding hydrogens is 410 g/mol. The Hall–Kier alpha value is -3.26. The Kier molecular flexibility index (Phi) is 6.80. The highest BCUT2D eigenvalue weighted by atomic mass is 16.5. The van der Waals surface area contributed by atoms with Crippen molar-refractivity contribution in [1.82, 2.24) is 15.5 Å². The van der Waals surface area contributed by atoms with E-state index in [1.807, 2.05) is 19.1 Å². The molecule has 2 aliphatic heterocycles. The maximum Gasteiger partial charge on any atom is 0.338 e. The van der Waals surface area contributed by atoms with Crippen LogP contribution in [0.25, 0.3) is 0 Å². The zero-order valence-corrected chi connectivity index (χ0v) is 18.4. The summed E-state index contributed by atoms with van der Waals surface area (Å²) in [6.07, 6.45) is 3.56. The molecule has 2 aliphatic rings. The van der Waals surface area contributed by atoms with Crippen LogP contribution in [0.1, 0.15) is 50.1 Å². The quantitative estimate of drug-likeness (QED) is 0.610. The predicted octanol–water partition coefficient (Wildman–Crippen LogP) is 3.69. The number of rotatable bonds is 8. The lowest BCUT2D eigenvalue weighted by molar-refractivity contribution is -0.139. The number of hydrogen-bond acceptors (Lipinski definition) is 6. The minimum absolute atomic E-state index is 0.190. The van der Waals surface area contributed by atoms with E-state index in [0.29, 0.717) is 30.2 Å². The van der Waals surface area contributed by atoms with Crippen molar-refractivity contribution < 1.29 is 23.5 Å². The van der Waals surface area contributed by atoms with Gasteiger partial charge in [-0.3, -0.25) is 4.90 Å². The Bertz CT molecular complexity index is 968. The van der Waals surface area contributed by atoms with Crippen molar-refractivity contribution in [1.29, 1.82) is 0 Å². The zero-order valence-electron chi connectivity index (χ0n) is 18.4. The standard InChI is InChI=1S/C24H29N3O5/c1-3-30-17-11-9-16(10-12-17)19-7-5-13-27(19)15-18-21(23(28)31-4-2)22(26-24(29)25-18)20-8-6-14-32-20/h6,8-12,14,19,22H,3-5,7,13,15H2,1-2H3,(H2,25,26,29). The van der Waals surface area contributed by atoms with Gasteiger partial charge in [0.25, 0.3) is 0 Å². The fourth-order valence-electron chi connectivity index (χ4n) is 4.41. The van der Waals surface area contributed by atoms with Crippen molar-refractivity contribution in [3.8, 4) is 5.75 Å². The molecule has 1 saturated heterocycles. The van der Waals surface area contributed by atoms with Crippen LogP contribution in [0.2, 0.25) is 0 Å². The molecular formula is C24H29N3O5. The van der Waals surface area contributed by atoms with Crippen LogP contribution in [-0.4, -0.2) is 43.2 Å². The Morgan fingerprint density at radius 1 is 1.19 bits per heavy atom. The van der Waals surface area contributed by atoms with E-state index in [-0.39, 0.29) is 18.7 Å². The molecule has 2 aromatic rings. The first-order valence-corrected chi connectivity index (χ1v) is 11.1. The monoisotopic (exact) mass is 439 g/mol. The van der Waals surface area contributed by atoms with Crippen molar-refractivity contribution in [3.63, 3.8) is 0 Å². The number of carbonyl (C=O) groups excluding carboxylic acids is 2. The summed E-state index contributed by atoms with van der Waals surface area (Å²) >= 11 is 0. The topological polar surface area (TPSA) is 93.0 Å². The van der Waals surface area contributed by atoms with Gasteiger partial charge < -0.3 is 24.5 Å². The van der Waals surface area contributed by atoms with Crippen LogP contribution < -0.4 is 15.4 Å². The Morgan fingerprint density at radius 2 is 2.00 bits per heavy atom. The fraction of sp³-hybridized carbons (Fsp3) is 0.417. The molecule has 2 atom stereocenters. The van der Waals surface area contributed by atoms with Gasteiger partial charge in [-0.1, -0.05) is 12.1 Å². The number of nitrogens with one attached hydrogen (secondary N) is 2. The summed E-state index contributed by atoms with van der Waals surface area (Å²) in [6, 6.07) is 10.7. The predicted molar refractivity (Wildman–Crippen MR) is 118 cm³/mol. The fourth-order valence-corrected chi connectivity index (χ4v) is 4.41. The van der Waals surface area contributed by atoms with Crippen LogP contribution in [0.4, 0.5) is 4.79 Å².